The topological polar surface area (TPSA) is 55.4 Å². The number of carbonyl (C=O) groups is 2. The second-order valence-corrected chi connectivity index (χ2v) is 6.30. The minimum atomic E-state index is -0.457. The number of esters is 1. The maximum atomic E-state index is 12.8. The average Bonchev–Trinajstić information content (AvgIpc) is 2.57. The zero-order valence-corrected chi connectivity index (χ0v) is 14.1. The molecule has 0 aromatic heterocycles. The van der Waals surface area contributed by atoms with Crippen LogP contribution in [0.15, 0.2) is 53.4 Å². The third kappa shape index (κ3) is 6.42. The van der Waals surface area contributed by atoms with Gasteiger partial charge < -0.3 is 10.1 Å². The molecule has 1 amide bonds. The molecule has 24 heavy (non-hydrogen) atoms. The van der Waals surface area contributed by atoms with Crippen LogP contribution in [0.2, 0.25) is 0 Å². The van der Waals surface area contributed by atoms with E-state index < -0.39 is 11.9 Å². The molecule has 6 heteroatoms. The molecule has 0 aliphatic rings. The van der Waals surface area contributed by atoms with Crippen molar-refractivity contribution in [1.82, 2.24) is 0 Å². The van der Waals surface area contributed by atoms with Crippen LogP contribution in [0.4, 0.5) is 10.1 Å². The summed E-state index contributed by atoms with van der Waals surface area (Å²) < 4.78 is 17.7. The molecule has 1 N–H and O–H groups in total. The van der Waals surface area contributed by atoms with E-state index in [1.807, 2.05) is 31.2 Å². The molecule has 4 nitrogen and oxygen atoms in total. The fourth-order valence-electron chi connectivity index (χ4n) is 1.84. The van der Waals surface area contributed by atoms with Crippen molar-refractivity contribution in [2.24, 2.45) is 0 Å². The van der Waals surface area contributed by atoms with Crippen molar-refractivity contribution in [3.63, 3.8) is 0 Å². The Hall–Kier alpha value is -2.34. The molecule has 0 spiro atoms. The van der Waals surface area contributed by atoms with Gasteiger partial charge in [0.2, 0.25) is 0 Å². The lowest BCUT2D eigenvalue weighted by atomic mass is 10.2. The first-order valence-corrected chi connectivity index (χ1v) is 8.42. The summed E-state index contributed by atoms with van der Waals surface area (Å²) in [6.45, 7) is 1.66. The minimum Gasteiger partial charge on any atom is -0.456 e. The van der Waals surface area contributed by atoms with E-state index >= 15 is 0 Å². The number of rotatable bonds is 7. The Bertz CT molecular complexity index is 686. The molecule has 0 fully saturated rings. The minimum absolute atomic E-state index is 0.225. The van der Waals surface area contributed by atoms with Crippen molar-refractivity contribution < 1.29 is 18.7 Å². The van der Waals surface area contributed by atoms with Gasteiger partial charge in [0, 0.05) is 16.3 Å². The summed E-state index contributed by atoms with van der Waals surface area (Å²) in [4.78, 5) is 24.4. The summed E-state index contributed by atoms with van der Waals surface area (Å²) in [7, 11) is 0. The Morgan fingerprint density at radius 1 is 1.08 bits per heavy atom. The van der Waals surface area contributed by atoms with Crippen LogP contribution in [0.5, 0.6) is 0 Å². The van der Waals surface area contributed by atoms with Gasteiger partial charge >= 0.3 is 5.97 Å². The average molecular weight is 347 g/mol. The molecular formula is C18H18FNO3S. The zero-order valence-electron chi connectivity index (χ0n) is 13.3. The number of aryl methyl sites for hydroxylation is 1. The number of benzene rings is 2. The van der Waals surface area contributed by atoms with Gasteiger partial charge in [-0.3, -0.25) is 9.59 Å². The summed E-state index contributed by atoms with van der Waals surface area (Å²) >= 11 is 1.56. The number of hydrogen-bond donors (Lipinski definition) is 1. The third-order valence-corrected chi connectivity index (χ3v) is 4.10. The first-order chi connectivity index (χ1) is 11.5. The van der Waals surface area contributed by atoms with Crippen LogP contribution in [-0.4, -0.2) is 24.2 Å². The first-order valence-electron chi connectivity index (χ1n) is 7.43. The smallest absolute Gasteiger partial charge is 0.307 e. The third-order valence-electron chi connectivity index (χ3n) is 3.09. The van der Waals surface area contributed by atoms with E-state index in [9.17, 15) is 14.0 Å². The highest BCUT2D eigenvalue weighted by atomic mass is 32.2. The summed E-state index contributed by atoms with van der Waals surface area (Å²) in [6, 6.07) is 13.4. The van der Waals surface area contributed by atoms with Crippen LogP contribution >= 0.6 is 11.8 Å². The maximum absolute atomic E-state index is 12.8. The van der Waals surface area contributed by atoms with E-state index in [4.69, 9.17) is 4.74 Å². The second kappa shape index (κ2) is 9.08. The highest BCUT2D eigenvalue weighted by molar-refractivity contribution is 7.99. The Balaban J connectivity index is 1.64. The first kappa shape index (κ1) is 18.0. The Morgan fingerprint density at radius 3 is 2.42 bits per heavy atom. The predicted octanol–water partition coefficient (Wildman–Crippen LogP) is 3.80. The Morgan fingerprint density at radius 2 is 1.75 bits per heavy atom. The van der Waals surface area contributed by atoms with Gasteiger partial charge in [0.15, 0.2) is 6.61 Å². The van der Waals surface area contributed by atoms with Crippen LogP contribution in [0.3, 0.4) is 0 Å². The monoisotopic (exact) mass is 347 g/mol. The SMILES string of the molecule is Cc1ccc(SCCC(=O)OCC(=O)Nc2ccc(F)cc2)cc1. The van der Waals surface area contributed by atoms with Crippen molar-refractivity contribution in [3.05, 3.63) is 59.9 Å². The van der Waals surface area contributed by atoms with E-state index in [-0.39, 0.29) is 18.8 Å². The van der Waals surface area contributed by atoms with Crippen LogP contribution in [0.1, 0.15) is 12.0 Å². The molecule has 0 aliphatic heterocycles. The number of amides is 1. The van der Waals surface area contributed by atoms with Crippen LogP contribution < -0.4 is 5.32 Å². The molecule has 2 aromatic carbocycles. The van der Waals surface area contributed by atoms with Crippen molar-refractivity contribution in [3.8, 4) is 0 Å². The van der Waals surface area contributed by atoms with Gasteiger partial charge in [-0.05, 0) is 43.3 Å². The van der Waals surface area contributed by atoms with Crippen molar-refractivity contribution >= 4 is 29.3 Å². The molecule has 0 saturated carbocycles. The van der Waals surface area contributed by atoms with Crippen LogP contribution in [-0.2, 0) is 14.3 Å². The van der Waals surface area contributed by atoms with Gasteiger partial charge in [-0.15, -0.1) is 11.8 Å². The summed E-state index contributed by atoms with van der Waals surface area (Å²) in [5.41, 5.74) is 1.64. The van der Waals surface area contributed by atoms with Gasteiger partial charge in [0.25, 0.3) is 5.91 Å². The zero-order chi connectivity index (χ0) is 17.4. The summed E-state index contributed by atoms with van der Waals surface area (Å²) in [6.07, 6.45) is 0.225. The predicted molar refractivity (Wildman–Crippen MR) is 92.5 cm³/mol. The van der Waals surface area contributed by atoms with Gasteiger partial charge in [-0.25, -0.2) is 4.39 Å². The lowest BCUT2D eigenvalue weighted by molar-refractivity contribution is -0.146. The molecule has 0 atom stereocenters. The summed E-state index contributed by atoms with van der Waals surface area (Å²) in [5, 5.41) is 2.52. The van der Waals surface area contributed by atoms with E-state index in [1.54, 1.807) is 11.8 Å². The van der Waals surface area contributed by atoms with E-state index in [0.717, 1.165) is 4.90 Å². The van der Waals surface area contributed by atoms with E-state index in [2.05, 4.69) is 5.32 Å². The maximum Gasteiger partial charge on any atom is 0.307 e. The number of ether oxygens (including phenoxy) is 1. The van der Waals surface area contributed by atoms with E-state index in [0.29, 0.717) is 11.4 Å². The molecule has 126 valence electrons. The number of carbonyl (C=O) groups excluding carboxylic acids is 2. The second-order valence-electron chi connectivity index (χ2n) is 5.13. The fourth-order valence-corrected chi connectivity index (χ4v) is 2.67. The molecular weight excluding hydrogens is 329 g/mol. The number of nitrogens with one attached hydrogen (secondary N) is 1. The number of hydrogen-bond acceptors (Lipinski definition) is 4. The van der Waals surface area contributed by atoms with Gasteiger partial charge in [-0.2, -0.15) is 0 Å². The Labute approximate surface area is 144 Å². The lowest BCUT2D eigenvalue weighted by Gasteiger charge is -2.07. The molecule has 0 radical (unpaired) electrons. The molecule has 0 aliphatic carbocycles. The molecule has 0 saturated heterocycles. The normalized spacial score (nSPS) is 10.2. The quantitative estimate of drug-likeness (QED) is 0.611. The van der Waals surface area contributed by atoms with Crippen molar-refractivity contribution in [2.45, 2.75) is 18.2 Å². The molecule has 2 rings (SSSR count). The van der Waals surface area contributed by atoms with Gasteiger partial charge in [0.05, 0.1) is 6.42 Å². The van der Waals surface area contributed by atoms with Gasteiger partial charge in [-0.1, -0.05) is 17.7 Å². The molecule has 0 heterocycles. The number of anilines is 1. The number of thioether (sulfide) groups is 1. The van der Waals surface area contributed by atoms with Crippen molar-refractivity contribution in [2.75, 3.05) is 17.7 Å². The van der Waals surface area contributed by atoms with E-state index in [1.165, 1.54) is 29.8 Å². The number of halogens is 1. The highest BCUT2D eigenvalue weighted by Gasteiger charge is 2.08. The summed E-state index contributed by atoms with van der Waals surface area (Å²) in [5.74, 6) is -0.683. The standard InChI is InChI=1S/C18H18FNO3S/c1-13-2-8-16(9-3-13)24-11-10-18(22)23-12-17(21)20-15-6-4-14(19)5-7-15/h2-9H,10-12H2,1H3,(H,20,21). The van der Waals surface area contributed by atoms with Gasteiger partial charge in [0.1, 0.15) is 5.82 Å². The van der Waals surface area contributed by atoms with Crippen LogP contribution in [0.25, 0.3) is 0 Å². The molecule has 0 bridgehead atoms. The lowest BCUT2D eigenvalue weighted by Crippen LogP contribution is -2.21. The molecule has 2 aromatic rings. The molecule has 0 unspecified atom stereocenters. The fraction of sp³-hybridized carbons (Fsp3) is 0.222. The Kier molecular flexibility index (Phi) is 6.81. The highest BCUT2D eigenvalue weighted by Crippen LogP contribution is 2.19. The van der Waals surface area contributed by atoms with Crippen molar-refractivity contribution in [1.29, 1.82) is 0 Å². The van der Waals surface area contributed by atoms with Crippen LogP contribution in [0, 0.1) is 12.7 Å². The largest absolute Gasteiger partial charge is 0.456 e.